The van der Waals surface area contributed by atoms with E-state index in [0.717, 1.165) is 5.52 Å². The van der Waals surface area contributed by atoms with Crippen LogP contribution in [0.4, 0.5) is 10.1 Å². The number of hydrogen-bond acceptors (Lipinski definition) is 4. The van der Waals surface area contributed by atoms with Crippen molar-refractivity contribution in [3.63, 3.8) is 0 Å². The van der Waals surface area contributed by atoms with Crippen molar-refractivity contribution in [1.29, 1.82) is 0 Å². The highest BCUT2D eigenvalue weighted by molar-refractivity contribution is 6.12. The summed E-state index contributed by atoms with van der Waals surface area (Å²) in [6, 6.07) is 9.47. The van der Waals surface area contributed by atoms with Gasteiger partial charge in [0, 0.05) is 19.2 Å². The van der Waals surface area contributed by atoms with Gasteiger partial charge in [0.05, 0.1) is 11.2 Å². The first-order valence-corrected chi connectivity index (χ1v) is 7.54. The molecule has 0 saturated heterocycles. The van der Waals surface area contributed by atoms with Crippen molar-refractivity contribution >= 4 is 28.5 Å². The maximum atomic E-state index is 13.7. The first-order chi connectivity index (χ1) is 11.6. The lowest BCUT2D eigenvalue weighted by molar-refractivity contribution is -0.128. The van der Waals surface area contributed by atoms with Crippen LogP contribution in [0.2, 0.25) is 0 Å². The molecular formula is C17H13FN4O2. The van der Waals surface area contributed by atoms with Crippen LogP contribution in [0.3, 0.4) is 0 Å². The Morgan fingerprint density at radius 3 is 2.92 bits per heavy atom. The Hall–Kier alpha value is -3.09. The minimum atomic E-state index is -1.06. The molecule has 1 atom stereocenters. The second-order valence-corrected chi connectivity index (χ2v) is 5.59. The number of fused-ring (bicyclic) bond motifs is 3. The first-order valence-electron chi connectivity index (χ1n) is 7.54. The number of Topliss-reactive ketones (excluding diaryl/α,β-unsaturated/α-hetero) is 1. The van der Waals surface area contributed by atoms with Gasteiger partial charge in [0.15, 0.2) is 17.3 Å². The van der Waals surface area contributed by atoms with Crippen LogP contribution in [-0.2, 0) is 16.1 Å². The number of anilines is 1. The number of amides is 1. The molecule has 7 heteroatoms. The number of halogens is 1. The van der Waals surface area contributed by atoms with Gasteiger partial charge in [0.25, 0.3) is 0 Å². The summed E-state index contributed by atoms with van der Waals surface area (Å²) in [6.07, 6.45) is 1.83. The lowest BCUT2D eigenvalue weighted by atomic mass is 9.96. The van der Waals surface area contributed by atoms with Crippen LogP contribution < -0.4 is 5.32 Å². The number of imidazole rings is 1. The van der Waals surface area contributed by atoms with Crippen LogP contribution in [0.5, 0.6) is 0 Å². The number of aryl methyl sites for hydroxylation is 1. The Morgan fingerprint density at radius 1 is 1.25 bits per heavy atom. The van der Waals surface area contributed by atoms with Crippen LogP contribution in [-0.4, -0.2) is 26.2 Å². The highest BCUT2D eigenvalue weighted by Gasteiger charge is 2.37. The third-order valence-electron chi connectivity index (χ3n) is 4.11. The fourth-order valence-electron chi connectivity index (χ4n) is 2.97. The molecule has 1 N–H and O–H groups in total. The second kappa shape index (κ2) is 5.52. The Morgan fingerprint density at radius 2 is 2.08 bits per heavy atom. The molecule has 1 aliphatic heterocycles. The molecule has 0 aliphatic carbocycles. The highest BCUT2D eigenvalue weighted by Crippen LogP contribution is 2.29. The highest BCUT2D eigenvalue weighted by atomic mass is 19.1. The second-order valence-electron chi connectivity index (χ2n) is 5.59. The SMILES string of the molecule is O=C1CCn2c(nc3ncccc32)C1C(=O)Nc1ccccc1F. The maximum Gasteiger partial charge on any atom is 0.242 e. The molecule has 0 radical (unpaired) electrons. The lowest BCUT2D eigenvalue weighted by Crippen LogP contribution is -2.34. The van der Waals surface area contributed by atoms with Crippen LogP contribution in [0.1, 0.15) is 18.2 Å². The van der Waals surface area contributed by atoms with Crippen LogP contribution in [0, 0.1) is 5.82 Å². The summed E-state index contributed by atoms with van der Waals surface area (Å²) in [5.41, 5.74) is 1.32. The number of hydrogen-bond donors (Lipinski definition) is 1. The van der Waals surface area contributed by atoms with Gasteiger partial charge in [-0.05, 0) is 24.3 Å². The normalized spacial score (nSPS) is 16.9. The molecule has 1 amide bonds. The van der Waals surface area contributed by atoms with E-state index in [2.05, 4.69) is 15.3 Å². The van der Waals surface area contributed by atoms with E-state index in [4.69, 9.17) is 0 Å². The van der Waals surface area contributed by atoms with Crippen LogP contribution in [0.25, 0.3) is 11.2 Å². The molecule has 0 saturated carbocycles. The zero-order chi connectivity index (χ0) is 16.7. The first kappa shape index (κ1) is 14.5. The van der Waals surface area contributed by atoms with E-state index in [1.54, 1.807) is 18.3 Å². The van der Waals surface area contributed by atoms with Crippen molar-refractivity contribution in [2.45, 2.75) is 18.9 Å². The molecule has 4 rings (SSSR count). The molecule has 1 aromatic carbocycles. The van der Waals surface area contributed by atoms with E-state index < -0.39 is 17.6 Å². The van der Waals surface area contributed by atoms with E-state index in [1.165, 1.54) is 18.2 Å². The fourth-order valence-corrected chi connectivity index (χ4v) is 2.97. The van der Waals surface area contributed by atoms with E-state index in [1.807, 2.05) is 10.6 Å². The summed E-state index contributed by atoms with van der Waals surface area (Å²) in [5.74, 6) is -2.07. The average Bonchev–Trinajstić information content (AvgIpc) is 2.95. The standard InChI is InChI=1S/C17H13FN4O2/c18-10-4-1-2-5-11(10)20-17(24)14-13(23)7-9-22-12-6-3-8-19-15(12)21-16(14)22/h1-6,8,14H,7,9H2,(H,20,24). The smallest absolute Gasteiger partial charge is 0.242 e. The third-order valence-corrected chi connectivity index (χ3v) is 4.11. The van der Waals surface area contributed by atoms with Gasteiger partial charge in [-0.2, -0.15) is 0 Å². The van der Waals surface area contributed by atoms with E-state index in [0.29, 0.717) is 18.0 Å². The molecule has 2 aromatic heterocycles. The molecule has 120 valence electrons. The Kier molecular flexibility index (Phi) is 3.34. The average molecular weight is 324 g/mol. The van der Waals surface area contributed by atoms with Gasteiger partial charge in [-0.1, -0.05) is 12.1 Å². The van der Waals surface area contributed by atoms with Gasteiger partial charge < -0.3 is 9.88 Å². The Labute approximate surface area is 136 Å². The van der Waals surface area contributed by atoms with Crippen molar-refractivity contribution in [2.24, 2.45) is 0 Å². The maximum absolute atomic E-state index is 13.7. The number of nitrogens with zero attached hydrogens (tertiary/aromatic N) is 3. The van der Waals surface area contributed by atoms with Gasteiger partial charge >= 0.3 is 0 Å². The molecule has 1 aliphatic rings. The number of carbonyl (C=O) groups excluding carboxylic acids is 2. The molecule has 3 aromatic rings. The topological polar surface area (TPSA) is 76.9 Å². The number of pyridine rings is 1. The summed E-state index contributed by atoms with van der Waals surface area (Å²) in [7, 11) is 0. The number of benzene rings is 1. The molecule has 24 heavy (non-hydrogen) atoms. The number of aromatic nitrogens is 3. The third kappa shape index (κ3) is 2.25. The largest absolute Gasteiger partial charge is 0.325 e. The summed E-state index contributed by atoms with van der Waals surface area (Å²) >= 11 is 0. The van der Waals surface area contributed by atoms with Gasteiger partial charge in [0.1, 0.15) is 11.6 Å². The summed E-state index contributed by atoms with van der Waals surface area (Å²) in [5, 5.41) is 2.49. The van der Waals surface area contributed by atoms with E-state index in [9.17, 15) is 14.0 Å². The van der Waals surface area contributed by atoms with Crippen molar-refractivity contribution in [3.8, 4) is 0 Å². The zero-order valence-corrected chi connectivity index (χ0v) is 12.6. The monoisotopic (exact) mass is 324 g/mol. The number of ketones is 1. The van der Waals surface area contributed by atoms with Crippen LogP contribution >= 0.6 is 0 Å². The Balaban J connectivity index is 1.74. The number of carbonyl (C=O) groups is 2. The number of rotatable bonds is 2. The summed E-state index contributed by atoms with van der Waals surface area (Å²) in [6.45, 7) is 0.458. The Bertz CT molecular complexity index is 966. The van der Waals surface area contributed by atoms with Crippen molar-refractivity contribution in [2.75, 3.05) is 5.32 Å². The predicted octanol–water partition coefficient (Wildman–Crippen LogP) is 2.27. The van der Waals surface area contributed by atoms with Gasteiger partial charge in [-0.15, -0.1) is 0 Å². The molecule has 1 unspecified atom stereocenters. The van der Waals surface area contributed by atoms with Gasteiger partial charge in [-0.3, -0.25) is 9.59 Å². The number of nitrogens with one attached hydrogen (secondary N) is 1. The van der Waals surface area contributed by atoms with Gasteiger partial charge in [0.2, 0.25) is 5.91 Å². The molecule has 0 fully saturated rings. The van der Waals surface area contributed by atoms with Crippen molar-refractivity contribution in [1.82, 2.24) is 14.5 Å². The molecule has 0 bridgehead atoms. The van der Waals surface area contributed by atoms with E-state index in [-0.39, 0.29) is 17.9 Å². The van der Waals surface area contributed by atoms with E-state index >= 15 is 0 Å². The van der Waals surface area contributed by atoms with Gasteiger partial charge in [-0.25, -0.2) is 14.4 Å². The minimum Gasteiger partial charge on any atom is -0.325 e. The molecule has 6 nitrogen and oxygen atoms in total. The predicted molar refractivity (Wildman–Crippen MR) is 84.9 cm³/mol. The summed E-state index contributed by atoms with van der Waals surface area (Å²) < 4.78 is 15.6. The number of para-hydroxylation sites is 1. The molecular weight excluding hydrogens is 311 g/mol. The lowest BCUT2D eigenvalue weighted by Gasteiger charge is -2.22. The van der Waals surface area contributed by atoms with Crippen LogP contribution in [0.15, 0.2) is 42.6 Å². The van der Waals surface area contributed by atoms with Crippen molar-refractivity contribution < 1.29 is 14.0 Å². The quantitative estimate of drug-likeness (QED) is 0.734. The molecule has 0 spiro atoms. The molecule has 3 heterocycles. The minimum absolute atomic E-state index is 0.0432. The zero-order valence-electron chi connectivity index (χ0n) is 12.6. The fraction of sp³-hybridized carbons (Fsp3) is 0.176. The summed E-state index contributed by atoms with van der Waals surface area (Å²) in [4.78, 5) is 33.4. The van der Waals surface area contributed by atoms with Crippen molar-refractivity contribution in [3.05, 3.63) is 54.2 Å².